The van der Waals surface area contributed by atoms with E-state index in [-0.39, 0.29) is 10.8 Å². The van der Waals surface area contributed by atoms with Crippen LogP contribution in [-0.4, -0.2) is 19.4 Å². The Kier molecular flexibility index (Phi) is 4.45. The van der Waals surface area contributed by atoms with Gasteiger partial charge in [-0.25, -0.2) is 15.0 Å². The summed E-state index contributed by atoms with van der Waals surface area (Å²) in [6.45, 7) is 17.8. The Morgan fingerprint density at radius 1 is 0.931 bits per heavy atom. The SMILES string of the molecule is CCC(C)c1cc(C(C)(C)C)nc2nc(C(C)(C)C)n3c4ccccc4nc3c12. The monoisotopic (exact) mass is 388 g/mol. The molecule has 0 aliphatic carbocycles. The number of rotatable bonds is 2. The molecule has 0 bridgehead atoms. The molecule has 1 aromatic carbocycles. The van der Waals surface area contributed by atoms with Gasteiger partial charge in [-0.3, -0.25) is 4.40 Å². The minimum absolute atomic E-state index is 0.0355. The number of para-hydroxylation sites is 2. The molecular formula is C25H32N4. The second-order valence-corrected chi connectivity index (χ2v) is 10.3. The Labute approximate surface area is 173 Å². The van der Waals surface area contributed by atoms with Crippen LogP contribution in [-0.2, 0) is 10.8 Å². The van der Waals surface area contributed by atoms with Gasteiger partial charge < -0.3 is 0 Å². The maximum Gasteiger partial charge on any atom is 0.165 e. The van der Waals surface area contributed by atoms with Crippen LogP contribution < -0.4 is 0 Å². The van der Waals surface area contributed by atoms with Crippen molar-refractivity contribution >= 4 is 27.7 Å². The topological polar surface area (TPSA) is 43.1 Å². The maximum absolute atomic E-state index is 5.16. The van der Waals surface area contributed by atoms with Crippen molar-refractivity contribution in [3.8, 4) is 0 Å². The van der Waals surface area contributed by atoms with E-state index in [0.717, 1.165) is 45.7 Å². The van der Waals surface area contributed by atoms with Gasteiger partial charge in [0.15, 0.2) is 11.3 Å². The molecule has 3 heterocycles. The first kappa shape index (κ1) is 19.8. The Morgan fingerprint density at radius 2 is 1.62 bits per heavy atom. The third-order valence-corrected chi connectivity index (χ3v) is 5.82. The molecule has 0 amide bonds. The molecule has 1 unspecified atom stereocenters. The van der Waals surface area contributed by atoms with Gasteiger partial charge >= 0.3 is 0 Å². The molecule has 3 aromatic heterocycles. The van der Waals surface area contributed by atoms with Crippen molar-refractivity contribution in [2.75, 3.05) is 0 Å². The van der Waals surface area contributed by atoms with E-state index < -0.39 is 0 Å². The normalized spacial score (nSPS) is 14.2. The fraction of sp³-hybridized carbons (Fsp3) is 0.480. The van der Waals surface area contributed by atoms with Crippen molar-refractivity contribution in [1.82, 2.24) is 19.4 Å². The average molecular weight is 389 g/mol. The molecule has 0 aliphatic heterocycles. The van der Waals surface area contributed by atoms with Crippen molar-refractivity contribution in [3.05, 3.63) is 47.4 Å². The van der Waals surface area contributed by atoms with Crippen molar-refractivity contribution in [2.24, 2.45) is 0 Å². The van der Waals surface area contributed by atoms with Crippen LogP contribution in [0.15, 0.2) is 30.3 Å². The van der Waals surface area contributed by atoms with Crippen molar-refractivity contribution in [2.45, 2.75) is 78.6 Å². The molecular weight excluding hydrogens is 356 g/mol. The van der Waals surface area contributed by atoms with Crippen LogP contribution in [0.5, 0.6) is 0 Å². The van der Waals surface area contributed by atoms with Gasteiger partial charge in [0.05, 0.1) is 16.4 Å². The highest BCUT2D eigenvalue weighted by molar-refractivity contribution is 5.97. The zero-order chi connectivity index (χ0) is 21.1. The first-order valence-electron chi connectivity index (χ1n) is 10.6. The van der Waals surface area contributed by atoms with Gasteiger partial charge in [0, 0.05) is 16.5 Å². The number of nitrogens with zero attached hydrogens (tertiary/aromatic N) is 4. The summed E-state index contributed by atoms with van der Waals surface area (Å²) in [4.78, 5) is 15.3. The smallest absolute Gasteiger partial charge is 0.165 e. The van der Waals surface area contributed by atoms with Crippen LogP contribution in [0.2, 0.25) is 0 Å². The van der Waals surface area contributed by atoms with Gasteiger partial charge in [0.1, 0.15) is 5.82 Å². The molecule has 0 fully saturated rings. The van der Waals surface area contributed by atoms with Crippen LogP contribution >= 0.6 is 0 Å². The van der Waals surface area contributed by atoms with E-state index >= 15 is 0 Å². The number of fused-ring (bicyclic) bond motifs is 5. The molecule has 4 nitrogen and oxygen atoms in total. The highest BCUT2D eigenvalue weighted by Crippen LogP contribution is 2.36. The summed E-state index contributed by atoms with van der Waals surface area (Å²) in [5, 5.41) is 1.09. The summed E-state index contributed by atoms with van der Waals surface area (Å²) in [7, 11) is 0. The van der Waals surface area contributed by atoms with Gasteiger partial charge in [0.2, 0.25) is 0 Å². The fourth-order valence-electron chi connectivity index (χ4n) is 3.92. The molecule has 4 rings (SSSR count). The Bertz CT molecular complexity index is 1220. The predicted octanol–water partition coefficient (Wildman–Crippen LogP) is 6.54. The lowest BCUT2D eigenvalue weighted by Gasteiger charge is -2.24. The lowest BCUT2D eigenvalue weighted by molar-refractivity contribution is 0.540. The first-order chi connectivity index (χ1) is 13.5. The maximum atomic E-state index is 5.16. The van der Waals surface area contributed by atoms with E-state index in [0.29, 0.717) is 5.92 Å². The van der Waals surface area contributed by atoms with Crippen LogP contribution in [0.1, 0.15) is 84.8 Å². The van der Waals surface area contributed by atoms with Crippen molar-refractivity contribution in [3.63, 3.8) is 0 Å². The zero-order valence-electron chi connectivity index (χ0n) is 19.0. The van der Waals surface area contributed by atoms with Gasteiger partial charge in [-0.1, -0.05) is 67.5 Å². The van der Waals surface area contributed by atoms with Gasteiger partial charge in [0.25, 0.3) is 0 Å². The lowest BCUT2D eigenvalue weighted by atomic mass is 9.87. The second-order valence-electron chi connectivity index (χ2n) is 10.3. The van der Waals surface area contributed by atoms with E-state index in [2.05, 4.69) is 84.1 Å². The molecule has 0 spiro atoms. The molecule has 0 saturated heterocycles. The molecule has 29 heavy (non-hydrogen) atoms. The quantitative estimate of drug-likeness (QED) is 0.391. The minimum atomic E-state index is -0.133. The summed E-state index contributed by atoms with van der Waals surface area (Å²) in [6.07, 6.45) is 1.07. The van der Waals surface area contributed by atoms with Crippen LogP contribution in [0.4, 0.5) is 0 Å². The number of hydrogen-bond donors (Lipinski definition) is 0. The Balaban J connectivity index is 2.28. The number of pyridine rings is 1. The Hall–Kier alpha value is -2.49. The number of aromatic nitrogens is 4. The molecule has 0 aliphatic rings. The Morgan fingerprint density at radius 3 is 2.24 bits per heavy atom. The molecule has 0 N–H and O–H groups in total. The third-order valence-electron chi connectivity index (χ3n) is 5.82. The van der Waals surface area contributed by atoms with E-state index in [1.807, 2.05) is 6.07 Å². The summed E-state index contributed by atoms with van der Waals surface area (Å²) in [5.41, 5.74) is 6.13. The van der Waals surface area contributed by atoms with E-state index in [1.54, 1.807) is 0 Å². The largest absolute Gasteiger partial charge is 0.279 e. The highest BCUT2D eigenvalue weighted by atomic mass is 15.1. The number of benzene rings is 1. The summed E-state index contributed by atoms with van der Waals surface area (Å²) in [6, 6.07) is 10.6. The molecule has 4 heteroatoms. The predicted molar refractivity (Wildman–Crippen MR) is 122 cm³/mol. The standard InChI is InChI=1S/C25H32N4/c1-9-15(2)16-14-19(24(3,4)5)27-21-20(16)22-26-17-12-10-11-13-18(17)29(22)23(28-21)25(6,7)8/h10-15H,9H2,1-8H3. The number of imidazole rings is 1. The molecule has 0 radical (unpaired) electrons. The molecule has 0 saturated carbocycles. The fourth-order valence-corrected chi connectivity index (χ4v) is 3.92. The minimum Gasteiger partial charge on any atom is -0.279 e. The van der Waals surface area contributed by atoms with Crippen molar-refractivity contribution < 1.29 is 0 Å². The van der Waals surface area contributed by atoms with Gasteiger partial charge in [-0.05, 0) is 36.1 Å². The van der Waals surface area contributed by atoms with Gasteiger partial charge in [-0.15, -0.1) is 0 Å². The first-order valence-corrected chi connectivity index (χ1v) is 10.6. The number of hydrogen-bond acceptors (Lipinski definition) is 3. The molecule has 4 aromatic rings. The van der Waals surface area contributed by atoms with E-state index in [9.17, 15) is 0 Å². The molecule has 152 valence electrons. The zero-order valence-corrected chi connectivity index (χ0v) is 19.0. The van der Waals surface area contributed by atoms with Gasteiger partial charge in [-0.2, -0.15) is 0 Å². The van der Waals surface area contributed by atoms with E-state index in [1.165, 1.54) is 5.56 Å². The van der Waals surface area contributed by atoms with Crippen molar-refractivity contribution in [1.29, 1.82) is 0 Å². The summed E-state index contributed by atoms with van der Waals surface area (Å²) >= 11 is 0. The van der Waals surface area contributed by atoms with E-state index in [4.69, 9.17) is 15.0 Å². The highest BCUT2D eigenvalue weighted by Gasteiger charge is 2.27. The second kappa shape index (κ2) is 6.51. The van der Waals surface area contributed by atoms with Crippen LogP contribution in [0, 0.1) is 0 Å². The third kappa shape index (κ3) is 3.19. The lowest BCUT2D eigenvalue weighted by Crippen LogP contribution is -2.21. The van der Waals surface area contributed by atoms with Crippen LogP contribution in [0.3, 0.4) is 0 Å². The van der Waals surface area contributed by atoms with Crippen LogP contribution in [0.25, 0.3) is 27.7 Å². The summed E-state index contributed by atoms with van der Waals surface area (Å²) < 4.78 is 2.25. The molecule has 1 atom stereocenters. The summed E-state index contributed by atoms with van der Waals surface area (Å²) in [5.74, 6) is 1.41. The average Bonchev–Trinajstić information content (AvgIpc) is 3.03.